The molecule has 1 unspecified atom stereocenters. The van der Waals surface area contributed by atoms with E-state index in [9.17, 15) is 35.5 Å². The molecule has 1 aromatic heterocycles. The minimum atomic E-state index is -4.78. The summed E-state index contributed by atoms with van der Waals surface area (Å²) in [4.78, 5) is 16.5. The number of alkyl halides is 6. The van der Waals surface area contributed by atoms with Gasteiger partial charge in [-0.1, -0.05) is 6.07 Å². The van der Waals surface area contributed by atoms with Crippen molar-refractivity contribution in [2.45, 2.75) is 68.4 Å². The highest BCUT2D eigenvalue weighted by atomic mass is 19.4. The van der Waals surface area contributed by atoms with Crippen LogP contribution in [0, 0.1) is 11.7 Å². The zero-order valence-corrected chi connectivity index (χ0v) is 18.7. The summed E-state index contributed by atoms with van der Waals surface area (Å²) >= 11 is 0. The Morgan fingerprint density at radius 2 is 1.83 bits per heavy atom. The van der Waals surface area contributed by atoms with Crippen LogP contribution in [-0.2, 0) is 26.0 Å². The predicted molar refractivity (Wildman–Crippen MR) is 110 cm³/mol. The number of benzene rings is 1. The van der Waals surface area contributed by atoms with Crippen LogP contribution in [0.5, 0.6) is 0 Å². The highest BCUT2D eigenvalue weighted by Crippen LogP contribution is 2.57. The van der Waals surface area contributed by atoms with Crippen LogP contribution in [-0.4, -0.2) is 46.7 Å². The molecule has 4 aliphatic carbocycles. The molecule has 2 bridgehead atoms. The number of carbonyl (C=O) groups excluding carboxylic acids is 1. The molecule has 4 aliphatic rings. The molecular formula is C23H22F7N3O3. The number of nitrogens with zero attached hydrogens (tertiary/aromatic N) is 2. The Bertz CT molecular complexity index is 1130. The van der Waals surface area contributed by atoms with Gasteiger partial charge in [0.1, 0.15) is 12.4 Å². The quantitative estimate of drug-likeness (QED) is 0.533. The lowest BCUT2D eigenvalue weighted by Crippen LogP contribution is -2.44. The van der Waals surface area contributed by atoms with E-state index in [0.717, 1.165) is 18.9 Å². The summed E-state index contributed by atoms with van der Waals surface area (Å²) in [7, 11) is 0. The second-order valence-corrected chi connectivity index (χ2v) is 9.72. The van der Waals surface area contributed by atoms with Gasteiger partial charge in [0, 0.05) is 36.2 Å². The predicted octanol–water partition coefficient (Wildman–Crippen LogP) is 4.79. The third-order valence-electron chi connectivity index (χ3n) is 7.30. The first kappa shape index (κ1) is 25.0. The van der Waals surface area contributed by atoms with Crippen LogP contribution in [0.15, 0.2) is 30.7 Å². The number of hydrogen-bond donors (Lipinski definition) is 1. The number of ether oxygens (including phenoxy) is 2. The number of aromatic nitrogens is 2. The van der Waals surface area contributed by atoms with Crippen molar-refractivity contribution in [2.75, 3.05) is 6.61 Å². The maximum atomic E-state index is 14.0. The average molecular weight is 521 g/mol. The fourth-order valence-corrected chi connectivity index (χ4v) is 5.44. The number of halogens is 7. The zero-order valence-electron chi connectivity index (χ0n) is 18.7. The van der Waals surface area contributed by atoms with E-state index >= 15 is 0 Å². The van der Waals surface area contributed by atoms with Gasteiger partial charge < -0.3 is 14.6 Å². The van der Waals surface area contributed by atoms with Gasteiger partial charge in [0.25, 0.3) is 0 Å². The van der Waals surface area contributed by atoms with Crippen LogP contribution in [0.2, 0.25) is 0 Å². The summed E-state index contributed by atoms with van der Waals surface area (Å²) in [5.41, 5.74) is -1.06. The summed E-state index contributed by atoms with van der Waals surface area (Å²) in [6, 6.07) is 2.57. The third-order valence-corrected chi connectivity index (χ3v) is 7.30. The van der Waals surface area contributed by atoms with Crippen molar-refractivity contribution in [1.29, 1.82) is 0 Å². The summed E-state index contributed by atoms with van der Waals surface area (Å²) in [5.74, 6) is -1.49. The van der Waals surface area contributed by atoms with Gasteiger partial charge in [-0.25, -0.2) is 9.37 Å². The lowest BCUT2D eigenvalue weighted by molar-refractivity contribution is -0.357. The van der Waals surface area contributed by atoms with E-state index in [1.807, 2.05) is 4.57 Å². The average Bonchev–Trinajstić information content (AvgIpc) is 3.40. The Labute approximate surface area is 200 Å². The Kier molecular flexibility index (Phi) is 6.05. The van der Waals surface area contributed by atoms with E-state index in [0.29, 0.717) is 18.2 Å². The third kappa shape index (κ3) is 4.95. The van der Waals surface area contributed by atoms with Crippen molar-refractivity contribution in [3.05, 3.63) is 42.1 Å². The van der Waals surface area contributed by atoms with Crippen molar-refractivity contribution in [3.63, 3.8) is 0 Å². The van der Waals surface area contributed by atoms with Crippen LogP contribution in [0.3, 0.4) is 0 Å². The van der Waals surface area contributed by atoms with Crippen LogP contribution in [0.25, 0.3) is 11.3 Å². The Balaban J connectivity index is 1.13. The van der Waals surface area contributed by atoms with E-state index in [1.54, 1.807) is 12.5 Å². The molecule has 4 saturated carbocycles. The number of rotatable bonds is 7. The van der Waals surface area contributed by atoms with Gasteiger partial charge in [-0.3, -0.25) is 9.53 Å². The normalized spacial score (nSPS) is 29.5. The van der Waals surface area contributed by atoms with Crippen molar-refractivity contribution >= 4 is 5.91 Å². The number of fused-ring (bicyclic) bond motifs is 1. The topological polar surface area (TPSA) is 65.4 Å². The molecule has 1 N–H and O–H groups in total. The van der Waals surface area contributed by atoms with Gasteiger partial charge in [0.15, 0.2) is 0 Å². The van der Waals surface area contributed by atoms with Gasteiger partial charge in [-0.15, -0.1) is 13.2 Å². The molecule has 0 saturated heterocycles. The first-order valence-electron chi connectivity index (χ1n) is 11.4. The molecule has 2 aromatic rings. The first-order chi connectivity index (χ1) is 16.8. The number of nitrogens with one attached hydrogen (secondary N) is 1. The number of carbonyl (C=O) groups is 1. The van der Waals surface area contributed by atoms with Crippen LogP contribution >= 0.6 is 0 Å². The van der Waals surface area contributed by atoms with Gasteiger partial charge in [-0.2, -0.15) is 13.2 Å². The van der Waals surface area contributed by atoms with E-state index in [4.69, 9.17) is 4.74 Å². The number of imidazole rings is 1. The first-order valence-corrected chi connectivity index (χ1v) is 11.4. The molecule has 196 valence electrons. The standard InChI is InChI=1S/C23H22F7N3O3/c24-17-3-12(1-2-16(17)22(25,26)27)19-9-33(11-31-19)21-6-13(7-21)18(8-21)32-20(34)10-35-14-4-15(5-14)36-23(28,29)30/h1-3,9,11,13-15,18H,4-8,10H2,(H,32,34). The maximum Gasteiger partial charge on any atom is 0.522 e. The summed E-state index contributed by atoms with van der Waals surface area (Å²) in [6.07, 6.45) is -5.32. The molecule has 6 nitrogen and oxygen atoms in total. The van der Waals surface area contributed by atoms with Gasteiger partial charge in [-0.05, 0) is 37.3 Å². The Morgan fingerprint density at radius 3 is 2.47 bits per heavy atom. The maximum absolute atomic E-state index is 14.0. The van der Waals surface area contributed by atoms with Gasteiger partial charge in [0.05, 0.1) is 29.8 Å². The number of amides is 1. The second kappa shape index (κ2) is 8.72. The SMILES string of the molecule is O=C(COC1CC(OC(F)(F)F)C1)NC1CC2(n3cnc(-c4ccc(C(F)(F)F)c(F)c4)c3)CC1C2. The van der Waals surface area contributed by atoms with E-state index in [-0.39, 0.29) is 48.4 Å². The minimum Gasteiger partial charge on any atom is -0.368 e. The van der Waals surface area contributed by atoms with Crippen molar-refractivity contribution < 1.29 is 45.0 Å². The molecule has 6 rings (SSSR count). The van der Waals surface area contributed by atoms with E-state index in [1.165, 1.54) is 6.07 Å². The molecule has 13 heteroatoms. The lowest BCUT2D eigenvalue weighted by Gasteiger charge is -2.39. The summed E-state index contributed by atoms with van der Waals surface area (Å²) in [5, 5.41) is 2.92. The summed E-state index contributed by atoms with van der Waals surface area (Å²) < 4.78 is 100. The Hall–Kier alpha value is -2.67. The Morgan fingerprint density at radius 1 is 1.11 bits per heavy atom. The van der Waals surface area contributed by atoms with Crippen LogP contribution in [0.1, 0.15) is 37.7 Å². The molecular weight excluding hydrogens is 499 g/mol. The van der Waals surface area contributed by atoms with E-state index < -0.39 is 36.1 Å². The van der Waals surface area contributed by atoms with Gasteiger partial charge >= 0.3 is 12.5 Å². The molecule has 1 aromatic carbocycles. The zero-order chi connectivity index (χ0) is 25.9. The molecule has 0 spiro atoms. The highest BCUT2D eigenvalue weighted by molar-refractivity contribution is 5.77. The molecule has 0 aliphatic heterocycles. The molecule has 1 heterocycles. The lowest BCUT2D eigenvalue weighted by atomic mass is 9.76. The molecule has 1 atom stereocenters. The van der Waals surface area contributed by atoms with E-state index in [2.05, 4.69) is 15.0 Å². The summed E-state index contributed by atoms with van der Waals surface area (Å²) in [6.45, 7) is -0.256. The van der Waals surface area contributed by atoms with Crippen LogP contribution in [0.4, 0.5) is 30.7 Å². The second-order valence-electron chi connectivity index (χ2n) is 9.72. The molecule has 1 amide bonds. The van der Waals surface area contributed by atoms with Crippen molar-refractivity contribution in [1.82, 2.24) is 14.9 Å². The van der Waals surface area contributed by atoms with Gasteiger partial charge in [0.2, 0.25) is 5.91 Å². The molecule has 0 radical (unpaired) electrons. The van der Waals surface area contributed by atoms with Crippen molar-refractivity contribution in [2.24, 2.45) is 5.92 Å². The fraction of sp³-hybridized carbons (Fsp3) is 0.565. The molecule has 4 fully saturated rings. The smallest absolute Gasteiger partial charge is 0.368 e. The largest absolute Gasteiger partial charge is 0.522 e. The fourth-order valence-electron chi connectivity index (χ4n) is 5.44. The number of hydrogen-bond acceptors (Lipinski definition) is 4. The highest BCUT2D eigenvalue weighted by Gasteiger charge is 2.57. The minimum absolute atomic E-state index is 0.0771. The molecule has 36 heavy (non-hydrogen) atoms. The van der Waals surface area contributed by atoms with Crippen molar-refractivity contribution in [3.8, 4) is 11.3 Å². The monoisotopic (exact) mass is 521 g/mol. The van der Waals surface area contributed by atoms with Crippen LogP contribution < -0.4 is 5.32 Å².